The van der Waals surface area contributed by atoms with E-state index in [1.807, 2.05) is 0 Å². The molecule has 0 radical (unpaired) electrons. The number of rotatable bonds is 2. The second-order valence-corrected chi connectivity index (χ2v) is 2.46. The van der Waals surface area contributed by atoms with E-state index in [1.165, 1.54) is 6.08 Å². The standard InChI is InChI=1S/C10H5F2NO/c11-9-4-7(2-1-3-14)8(6-13)5-10(9)12/h1-5H. The number of benzene rings is 1. The van der Waals surface area contributed by atoms with Gasteiger partial charge in [-0.3, -0.25) is 4.79 Å². The minimum atomic E-state index is -1.08. The first-order chi connectivity index (χ1) is 6.69. The van der Waals surface area contributed by atoms with E-state index in [9.17, 15) is 13.6 Å². The van der Waals surface area contributed by atoms with E-state index in [2.05, 4.69) is 0 Å². The van der Waals surface area contributed by atoms with Crippen molar-refractivity contribution in [2.45, 2.75) is 0 Å². The maximum Gasteiger partial charge on any atom is 0.160 e. The van der Waals surface area contributed by atoms with Crippen LogP contribution < -0.4 is 0 Å². The third-order valence-corrected chi connectivity index (χ3v) is 1.57. The van der Waals surface area contributed by atoms with E-state index in [0.29, 0.717) is 6.29 Å². The van der Waals surface area contributed by atoms with Crippen LogP contribution in [0.15, 0.2) is 18.2 Å². The van der Waals surface area contributed by atoms with Crippen LogP contribution in [0.2, 0.25) is 0 Å². The van der Waals surface area contributed by atoms with Crippen LogP contribution in [-0.2, 0) is 4.79 Å². The smallest absolute Gasteiger partial charge is 0.160 e. The van der Waals surface area contributed by atoms with Crippen molar-refractivity contribution in [2.75, 3.05) is 0 Å². The first-order valence-electron chi connectivity index (χ1n) is 3.70. The van der Waals surface area contributed by atoms with Gasteiger partial charge in [0.25, 0.3) is 0 Å². The molecule has 0 aliphatic heterocycles. The normalized spacial score (nSPS) is 10.1. The van der Waals surface area contributed by atoms with E-state index in [-0.39, 0.29) is 11.1 Å². The van der Waals surface area contributed by atoms with Crippen molar-refractivity contribution < 1.29 is 13.6 Å². The van der Waals surface area contributed by atoms with E-state index in [0.717, 1.165) is 18.2 Å². The van der Waals surface area contributed by atoms with Crippen molar-refractivity contribution in [3.63, 3.8) is 0 Å². The summed E-state index contributed by atoms with van der Waals surface area (Å²) in [5.41, 5.74) is 0.167. The molecule has 0 saturated heterocycles. The molecule has 0 saturated carbocycles. The molecule has 1 aromatic carbocycles. The summed E-state index contributed by atoms with van der Waals surface area (Å²) in [6.07, 6.45) is 2.84. The lowest BCUT2D eigenvalue weighted by Gasteiger charge is -1.98. The second kappa shape index (κ2) is 4.28. The van der Waals surface area contributed by atoms with Crippen LogP contribution in [-0.4, -0.2) is 6.29 Å². The average molecular weight is 193 g/mol. The zero-order chi connectivity index (χ0) is 10.6. The third kappa shape index (κ3) is 2.02. The Labute approximate surface area is 79.1 Å². The van der Waals surface area contributed by atoms with Crippen LogP contribution in [0.1, 0.15) is 11.1 Å². The topological polar surface area (TPSA) is 40.9 Å². The lowest BCUT2D eigenvalue weighted by atomic mass is 10.1. The van der Waals surface area contributed by atoms with Gasteiger partial charge in [-0.1, -0.05) is 6.08 Å². The van der Waals surface area contributed by atoms with Crippen molar-refractivity contribution in [3.8, 4) is 6.07 Å². The van der Waals surface area contributed by atoms with Gasteiger partial charge in [-0.2, -0.15) is 5.26 Å². The molecule has 0 fully saturated rings. The molecule has 0 heterocycles. The largest absolute Gasteiger partial charge is 0.299 e. The van der Waals surface area contributed by atoms with E-state index in [4.69, 9.17) is 5.26 Å². The van der Waals surface area contributed by atoms with Crippen LogP contribution in [0, 0.1) is 23.0 Å². The maximum absolute atomic E-state index is 12.7. The molecular weight excluding hydrogens is 188 g/mol. The summed E-state index contributed by atoms with van der Waals surface area (Å²) < 4.78 is 25.4. The first kappa shape index (κ1) is 10.1. The predicted octanol–water partition coefficient (Wildman–Crippen LogP) is 2.05. The van der Waals surface area contributed by atoms with E-state index < -0.39 is 11.6 Å². The lowest BCUT2D eigenvalue weighted by Crippen LogP contribution is -1.90. The van der Waals surface area contributed by atoms with Gasteiger partial charge in [0.1, 0.15) is 6.29 Å². The van der Waals surface area contributed by atoms with Crippen molar-refractivity contribution in [3.05, 3.63) is 41.0 Å². The molecule has 1 aromatic rings. The number of halogens is 2. The summed E-state index contributed by atoms with van der Waals surface area (Å²) >= 11 is 0. The monoisotopic (exact) mass is 193 g/mol. The number of hydrogen-bond acceptors (Lipinski definition) is 2. The molecule has 70 valence electrons. The zero-order valence-electron chi connectivity index (χ0n) is 7.00. The SMILES string of the molecule is N#Cc1cc(F)c(F)cc1C=CC=O. The highest BCUT2D eigenvalue weighted by atomic mass is 19.2. The van der Waals surface area contributed by atoms with Crippen LogP contribution in [0.3, 0.4) is 0 Å². The van der Waals surface area contributed by atoms with Gasteiger partial charge < -0.3 is 0 Å². The highest BCUT2D eigenvalue weighted by Crippen LogP contribution is 2.15. The third-order valence-electron chi connectivity index (χ3n) is 1.57. The molecule has 0 aliphatic rings. The van der Waals surface area contributed by atoms with Crippen molar-refractivity contribution in [1.82, 2.24) is 0 Å². The maximum atomic E-state index is 12.7. The highest BCUT2D eigenvalue weighted by molar-refractivity contribution is 5.75. The molecule has 1 rings (SSSR count). The predicted molar refractivity (Wildman–Crippen MR) is 46.2 cm³/mol. The highest BCUT2D eigenvalue weighted by Gasteiger charge is 2.06. The Bertz CT molecular complexity index is 432. The summed E-state index contributed by atoms with van der Waals surface area (Å²) in [7, 11) is 0. The summed E-state index contributed by atoms with van der Waals surface area (Å²) in [6, 6.07) is 3.36. The molecule has 0 spiro atoms. The molecule has 0 aliphatic carbocycles. The number of nitriles is 1. The molecule has 14 heavy (non-hydrogen) atoms. The molecule has 0 atom stereocenters. The van der Waals surface area contributed by atoms with Gasteiger partial charge in [-0.15, -0.1) is 0 Å². The van der Waals surface area contributed by atoms with Crippen LogP contribution in [0.25, 0.3) is 6.08 Å². The molecule has 0 aromatic heterocycles. The Kier molecular flexibility index (Phi) is 3.08. The van der Waals surface area contributed by atoms with Gasteiger partial charge >= 0.3 is 0 Å². The van der Waals surface area contributed by atoms with E-state index in [1.54, 1.807) is 6.07 Å². The quantitative estimate of drug-likeness (QED) is 0.532. The summed E-state index contributed by atoms with van der Waals surface area (Å²) in [5, 5.41) is 8.57. The number of allylic oxidation sites excluding steroid dienone is 1. The number of carbonyl (C=O) groups is 1. The van der Waals surface area contributed by atoms with Crippen molar-refractivity contribution in [2.24, 2.45) is 0 Å². The molecule has 2 nitrogen and oxygen atoms in total. The first-order valence-corrected chi connectivity index (χ1v) is 3.70. The minimum Gasteiger partial charge on any atom is -0.299 e. The minimum absolute atomic E-state index is 0.0120. The van der Waals surface area contributed by atoms with Gasteiger partial charge in [0, 0.05) is 0 Å². The molecule has 0 N–H and O–H groups in total. The van der Waals surface area contributed by atoms with Gasteiger partial charge in [0.15, 0.2) is 11.6 Å². The summed E-state index contributed by atoms with van der Waals surface area (Å²) in [6.45, 7) is 0. The van der Waals surface area contributed by atoms with Crippen molar-refractivity contribution in [1.29, 1.82) is 5.26 Å². The Morgan fingerprint density at radius 3 is 2.50 bits per heavy atom. The lowest BCUT2D eigenvalue weighted by molar-refractivity contribution is -0.104. The summed E-state index contributed by atoms with van der Waals surface area (Å²) in [4.78, 5) is 9.99. The fourth-order valence-corrected chi connectivity index (χ4v) is 0.940. The fraction of sp³-hybridized carbons (Fsp3) is 0. The molecule has 0 bridgehead atoms. The number of nitrogens with zero attached hydrogens (tertiary/aromatic N) is 1. The molecule has 4 heteroatoms. The van der Waals surface area contributed by atoms with Gasteiger partial charge in [-0.25, -0.2) is 8.78 Å². The van der Waals surface area contributed by atoms with Crippen molar-refractivity contribution >= 4 is 12.4 Å². The Morgan fingerprint density at radius 2 is 1.93 bits per heavy atom. The number of carbonyl (C=O) groups excluding carboxylic acids is 1. The number of aldehydes is 1. The average Bonchev–Trinajstić information content (AvgIpc) is 2.19. The fourth-order valence-electron chi connectivity index (χ4n) is 0.940. The van der Waals surface area contributed by atoms with Gasteiger partial charge in [0.05, 0.1) is 11.6 Å². The summed E-state index contributed by atoms with van der Waals surface area (Å²) in [5.74, 6) is -2.13. The molecule has 0 unspecified atom stereocenters. The van der Waals surface area contributed by atoms with E-state index >= 15 is 0 Å². The van der Waals surface area contributed by atoms with Gasteiger partial charge in [0.2, 0.25) is 0 Å². The van der Waals surface area contributed by atoms with Crippen LogP contribution in [0.4, 0.5) is 8.78 Å². The molecular formula is C10H5F2NO. The van der Waals surface area contributed by atoms with Gasteiger partial charge in [-0.05, 0) is 23.8 Å². The van der Waals surface area contributed by atoms with Crippen LogP contribution >= 0.6 is 0 Å². The second-order valence-electron chi connectivity index (χ2n) is 2.46. The molecule has 0 amide bonds. The Balaban J connectivity index is 3.28. The van der Waals surface area contributed by atoms with Crippen LogP contribution in [0.5, 0.6) is 0 Å². The zero-order valence-corrected chi connectivity index (χ0v) is 7.00. The Morgan fingerprint density at radius 1 is 1.29 bits per heavy atom. The number of hydrogen-bond donors (Lipinski definition) is 0. The Hall–Kier alpha value is -2.02.